The van der Waals surface area contributed by atoms with Gasteiger partial charge in [0.15, 0.2) is 0 Å². The van der Waals surface area contributed by atoms with Gasteiger partial charge in [-0.15, -0.1) is 0 Å². The van der Waals surface area contributed by atoms with Crippen molar-refractivity contribution in [3.8, 4) is 0 Å². The predicted molar refractivity (Wildman–Crippen MR) is 57.2 cm³/mol. The van der Waals surface area contributed by atoms with Gasteiger partial charge in [0.05, 0.1) is 0 Å². The average molecular weight is 229 g/mol. The predicted octanol–water partition coefficient (Wildman–Crippen LogP) is 2.06. The molecule has 0 aliphatic heterocycles. The van der Waals surface area contributed by atoms with Crippen LogP contribution in [-0.4, -0.2) is 16.3 Å². The SMILES string of the molecule is Cn1cc([C@@H]2[C@@H](CN)C2(C)C)c(C(F)F)n1. The minimum Gasteiger partial charge on any atom is -0.330 e. The van der Waals surface area contributed by atoms with E-state index in [-0.39, 0.29) is 22.9 Å². The van der Waals surface area contributed by atoms with Crippen molar-refractivity contribution in [2.75, 3.05) is 6.54 Å². The lowest BCUT2D eigenvalue weighted by Gasteiger charge is -2.02. The van der Waals surface area contributed by atoms with Crippen LogP contribution in [-0.2, 0) is 7.05 Å². The summed E-state index contributed by atoms with van der Waals surface area (Å²) in [4.78, 5) is 0. The topological polar surface area (TPSA) is 43.8 Å². The van der Waals surface area contributed by atoms with E-state index in [0.29, 0.717) is 12.1 Å². The lowest BCUT2D eigenvalue weighted by Crippen LogP contribution is -2.05. The molecule has 0 saturated heterocycles. The third-order valence-electron chi connectivity index (χ3n) is 3.73. The van der Waals surface area contributed by atoms with E-state index >= 15 is 0 Å². The number of aryl methyl sites for hydroxylation is 1. The van der Waals surface area contributed by atoms with Crippen LogP contribution in [0.4, 0.5) is 8.78 Å². The van der Waals surface area contributed by atoms with Gasteiger partial charge < -0.3 is 5.73 Å². The molecule has 1 heterocycles. The molecule has 5 heteroatoms. The molecule has 1 aliphatic carbocycles. The second-order valence-electron chi connectivity index (χ2n) is 5.09. The van der Waals surface area contributed by atoms with Crippen molar-refractivity contribution >= 4 is 0 Å². The van der Waals surface area contributed by atoms with Crippen molar-refractivity contribution < 1.29 is 8.78 Å². The quantitative estimate of drug-likeness (QED) is 0.862. The molecule has 1 aromatic heterocycles. The molecule has 1 aromatic rings. The number of halogens is 2. The fourth-order valence-electron chi connectivity index (χ4n) is 2.73. The molecule has 0 radical (unpaired) electrons. The first kappa shape index (κ1) is 11.5. The number of nitrogens with two attached hydrogens (primary N) is 1. The smallest absolute Gasteiger partial charge is 0.282 e. The molecule has 2 atom stereocenters. The zero-order chi connectivity index (χ0) is 12.1. The number of nitrogens with zero attached hydrogens (tertiary/aromatic N) is 2. The highest BCUT2D eigenvalue weighted by molar-refractivity contribution is 5.34. The molecule has 16 heavy (non-hydrogen) atoms. The summed E-state index contributed by atoms with van der Waals surface area (Å²) >= 11 is 0. The zero-order valence-electron chi connectivity index (χ0n) is 9.74. The second-order valence-corrected chi connectivity index (χ2v) is 5.09. The van der Waals surface area contributed by atoms with E-state index < -0.39 is 6.43 Å². The van der Waals surface area contributed by atoms with E-state index in [2.05, 4.69) is 18.9 Å². The van der Waals surface area contributed by atoms with Gasteiger partial charge in [0.2, 0.25) is 0 Å². The van der Waals surface area contributed by atoms with Crippen molar-refractivity contribution in [3.63, 3.8) is 0 Å². The van der Waals surface area contributed by atoms with Crippen molar-refractivity contribution in [1.29, 1.82) is 0 Å². The minimum absolute atomic E-state index is 0.0153. The van der Waals surface area contributed by atoms with E-state index in [0.717, 1.165) is 0 Å². The van der Waals surface area contributed by atoms with Gasteiger partial charge in [-0.1, -0.05) is 13.8 Å². The van der Waals surface area contributed by atoms with Crippen LogP contribution in [0.5, 0.6) is 0 Å². The van der Waals surface area contributed by atoms with E-state index in [9.17, 15) is 8.78 Å². The Balaban J connectivity index is 2.35. The summed E-state index contributed by atoms with van der Waals surface area (Å²) in [6.07, 6.45) is -0.810. The van der Waals surface area contributed by atoms with Gasteiger partial charge in [-0.05, 0) is 23.8 Å². The molecule has 0 amide bonds. The molecule has 0 spiro atoms. The highest BCUT2D eigenvalue weighted by Gasteiger charge is 2.58. The zero-order valence-corrected chi connectivity index (χ0v) is 9.74. The van der Waals surface area contributed by atoms with Crippen molar-refractivity contribution in [3.05, 3.63) is 17.5 Å². The van der Waals surface area contributed by atoms with Gasteiger partial charge in [0.1, 0.15) is 5.69 Å². The van der Waals surface area contributed by atoms with Crippen molar-refractivity contribution in [2.45, 2.75) is 26.2 Å². The van der Waals surface area contributed by atoms with E-state index in [4.69, 9.17) is 5.73 Å². The lowest BCUT2D eigenvalue weighted by molar-refractivity contribution is 0.144. The molecular formula is C11H17F2N3. The van der Waals surface area contributed by atoms with Crippen LogP contribution in [0.25, 0.3) is 0 Å². The van der Waals surface area contributed by atoms with Crippen LogP contribution in [0, 0.1) is 11.3 Å². The molecular weight excluding hydrogens is 212 g/mol. The molecule has 2 N–H and O–H groups in total. The Hall–Kier alpha value is -0.970. The van der Waals surface area contributed by atoms with Crippen LogP contribution >= 0.6 is 0 Å². The number of hydrogen-bond donors (Lipinski definition) is 1. The Kier molecular flexibility index (Phi) is 2.53. The van der Waals surface area contributed by atoms with Crippen LogP contribution in [0.1, 0.15) is 37.4 Å². The number of aromatic nitrogens is 2. The van der Waals surface area contributed by atoms with Crippen LogP contribution in [0.2, 0.25) is 0 Å². The van der Waals surface area contributed by atoms with E-state index in [1.165, 1.54) is 4.68 Å². The third kappa shape index (κ3) is 1.54. The van der Waals surface area contributed by atoms with Gasteiger partial charge in [-0.3, -0.25) is 4.68 Å². The monoisotopic (exact) mass is 229 g/mol. The van der Waals surface area contributed by atoms with E-state index in [1.807, 2.05) is 0 Å². The molecule has 2 rings (SSSR count). The lowest BCUT2D eigenvalue weighted by atomic mass is 10.0. The Morgan fingerprint density at radius 1 is 1.56 bits per heavy atom. The number of alkyl halides is 2. The first-order chi connectivity index (χ1) is 7.39. The van der Waals surface area contributed by atoms with Crippen molar-refractivity contribution in [1.82, 2.24) is 9.78 Å². The van der Waals surface area contributed by atoms with Crippen molar-refractivity contribution in [2.24, 2.45) is 24.1 Å². The fraction of sp³-hybridized carbons (Fsp3) is 0.727. The maximum absolute atomic E-state index is 12.8. The summed E-state index contributed by atoms with van der Waals surface area (Å²) in [6, 6.07) is 0. The molecule has 1 fully saturated rings. The summed E-state index contributed by atoms with van der Waals surface area (Å²) in [5, 5.41) is 3.83. The Bertz CT molecular complexity index is 398. The van der Waals surface area contributed by atoms with Gasteiger partial charge in [0, 0.05) is 18.8 Å². The summed E-state index contributed by atoms with van der Waals surface area (Å²) in [7, 11) is 1.67. The third-order valence-corrected chi connectivity index (χ3v) is 3.73. The van der Waals surface area contributed by atoms with Crippen LogP contribution < -0.4 is 5.73 Å². The Labute approximate surface area is 93.6 Å². The number of rotatable bonds is 3. The first-order valence-electron chi connectivity index (χ1n) is 5.41. The molecule has 0 aromatic carbocycles. The highest BCUT2D eigenvalue weighted by atomic mass is 19.3. The Morgan fingerprint density at radius 2 is 2.19 bits per heavy atom. The molecule has 0 bridgehead atoms. The average Bonchev–Trinajstić information content (AvgIpc) is 2.52. The summed E-state index contributed by atoms with van der Waals surface area (Å²) in [5.74, 6) is 0.407. The highest BCUT2D eigenvalue weighted by Crippen LogP contribution is 2.64. The maximum Gasteiger partial charge on any atom is 0.282 e. The first-order valence-corrected chi connectivity index (χ1v) is 5.41. The molecule has 1 aliphatic rings. The van der Waals surface area contributed by atoms with Gasteiger partial charge >= 0.3 is 0 Å². The largest absolute Gasteiger partial charge is 0.330 e. The second kappa shape index (κ2) is 3.52. The van der Waals surface area contributed by atoms with Gasteiger partial charge in [-0.2, -0.15) is 5.10 Å². The molecule has 90 valence electrons. The standard InChI is InChI=1S/C11H17F2N3/c1-11(2)7(4-14)8(11)6-5-16(3)15-9(6)10(12)13/h5,7-8,10H,4,14H2,1-3H3/t7-,8-/m1/s1. The molecule has 3 nitrogen and oxygen atoms in total. The number of hydrogen-bond acceptors (Lipinski definition) is 2. The molecule has 1 saturated carbocycles. The fourth-order valence-corrected chi connectivity index (χ4v) is 2.73. The van der Waals surface area contributed by atoms with Gasteiger partial charge in [-0.25, -0.2) is 8.78 Å². The summed E-state index contributed by atoms with van der Waals surface area (Å²) < 4.78 is 27.1. The maximum atomic E-state index is 12.8. The summed E-state index contributed by atoms with van der Waals surface area (Å²) in [5.41, 5.74) is 6.25. The van der Waals surface area contributed by atoms with Gasteiger partial charge in [0.25, 0.3) is 6.43 Å². The Morgan fingerprint density at radius 3 is 2.62 bits per heavy atom. The normalized spacial score (nSPS) is 27.4. The van der Waals surface area contributed by atoms with Crippen LogP contribution in [0.3, 0.4) is 0 Å². The van der Waals surface area contributed by atoms with E-state index in [1.54, 1.807) is 13.2 Å². The summed E-state index contributed by atoms with van der Waals surface area (Å²) in [6.45, 7) is 4.67. The van der Waals surface area contributed by atoms with Crippen LogP contribution in [0.15, 0.2) is 6.20 Å². The molecule has 0 unspecified atom stereocenters. The minimum atomic E-state index is -2.51.